The maximum Gasteiger partial charge on any atom is 0.0581 e. The molecule has 0 aliphatic rings. The summed E-state index contributed by atoms with van der Waals surface area (Å²) in [6, 6.07) is 0. The largest absolute Gasteiger partial charge is 0.123 e. The number of halogens is 4. The molecule has 0 aliphatic heterocycles. The third-order valence-corrected chi connectivity index (χ3v) is 4.31. The fourth-order valence-electron chi connectivity index (χ4n) is 1.01. The van der Waals surface area contributed by atoms with Crippen LogP contribution in [0.2, 0.25) is 0 Å². The van der Waals surface area contributed by atoms with Gasteiger partial charge in [0.15, 0.2) is 0 Å². The topological polar surface area (TPSA) is 0 Å². The molecular formula is C10H16BrCl3. The Morgan fingerprint density at radius 2 is 1.93 bits per heavy atom. The normalized spacial score (nSPS) is 15.6. The first kappa shape index (κ1) is 15.1. The van der Waals surface area contributed by atoms with E-state index in [-0.39, 0.29) is 5.38 Å². The summed E-state index contributed by atoms with van der Waals surface area (Å²) in [5, 5.41) is 1.74. The lowest BCUT2D eigenvalue weighted by Gasteiger charge is -2.14. The van der Waals surface area contributed by atoms with Gasteiger partial charge in [-0.3, -0.25) is 0 Å². The van der Waals surface area contributed by atoms with Crippen molar-refractivity contribution in [1.82, 2.24) is 0 Å². The van der Waals surface area contributed by atoms with Crippen molar-refractivity contribution in [2.24, 2.45) is 5.92 Å². The van der Waals surface area contributed by atoms with Crippen molar-refractivity contribution in [2.75, 3.05) is 11.2 Å². The summed E-state index contributed by atoms with van der Waals surface area (Å²) in [6.07, 6.45) is 1.87. The van der Waals surface area contributed by atoms with Gasteiger partial charge in [-0.05, 0) is 24.3 Å². The van der Waals surface area contributed by atoms with E-state index >= 15 is 0 Å². The minimum absolute atomic E-state index is 0.212. The van der Waals surface area contributed by atoms with Gasteiger partial charge >= 0.3 is 0 Å². The molecule has 0 fully saturated rings. The quantitative estimate of drug-likeness (QED) is 0.593. The van der Waals surface area contributed by atoms with Gasteiger partial charge in [-0.1, -0.05) is 41.4 Å². The molecule has 0 nitrogen and oxygen atoms in total. The van der Waals surface area contributed by atoms with Gasteiger partial charge in [0, 0.05) is 15.7 Å². The third kappa shape index (κ3) is 5.85. The lowest BCUT2D eigenvalue weighted by molar-refractivity contribution is 0.564. The van der Waals surface area contributed by atoms with E-state index in [9.17, 15) is 0 Å². The van der Waals surface area contributed by atoms with E-state index in [4.69, 9.17) is 34.8 Å². The van der Waals surface area contributed by atoms with Crippen LogP contribution in [0, 0.1) is 5.92 Å². The molecule has 0 aromatic carbocycles. The first-order valence-corrected chi connectivity index (χ1v) is 7.12. The molecule has 4 heteroatoms. The zero-order valence-corrected chi connectivity index (χ0v) is 12.3. The number of allylic oxidation sites excluding steroid dienone is 2. The summed E-state index contributed by atoms with van der Waals surface area (Å²) in [4.78, 5) is 0. The molecular weight excluding hydrogens is 306 g/mol. The van der Waals surface area contributed by atoms with E-state index in [1.807, 2.05) is 0 Å². The molecule has 14 heavy (non-hydrogen) atoms. The van der Waals surface area contributed by atoms with Crippen molar-refractivity contribution < 1.29 is 0 Å². The minimum Gasteiger partial charge on any atom is -0.123 e. The van der Waals surface area contributed by atoms with Crippen molar-refractivity contribution in [3.05, 3.63) is 10.6 Å². The van der Waals surface area contributed by atoms with Crippen LogP contribution in [-0.4, -0.2) is 16.6 Å². The molecule has 84 valence electrons. The van der Waals surface area contributed by atoms with Crippen LogP contribution < -0.4 is 0 Å². The number of hydrogen-bond acceptors (Lipinski definition) is 0. The van der Waals surface area contributed by atoms with E-state index in [1.54, 1.807) is 0 Å². The first-order chi connectivity index (χ1) is 6.52. The van der Waals surface area contributed by atoms with E-state index in [2.05, 4.69) is 29.8 Å². The molecule has 0 aromatic rings. The third-order valence-electron chi connectivity index (χ3n) is 2.11. The molecule has 0 bridgehead atoms. The average molecular weight is 323 g/mol. The predicted molar refractivity (Wildman–Crippen MR) is 71.1 cm³/mol. The molecule has 0 aliphatic carbocycles. The van der Waals surface area contributed by atoms with Gasteiger partial charge in [0.05, 0.1) is 5.88 Å². The highest BCUT2D eigenvalue weighted by molar-refractivity contribution is 9.09. The molecule has 1 atom stereocenters. The van der Waals surface area contributed by atoms with Gasteiger partial charge in [-0.2, -0.15) is 0 Å². The van der Waals surface area contributed by atoms with Crippen LogP contribution >= 0.6 is 50.7 Å². The number of hydrogen-bond donors (Lipinski definition) is 0. The van der Waals surface area contributed by atoms with Crippen LogP contribution in [-0.2, 0) is 0 Å². The summed E-state index contributed by atoms with van der Waals surface area (Å²) in [7, 11) is 0. The van der Waals surface area contributed by atoms with Crippen molar-refractivity contribution >= 4 is 50.7 Å². The fraction of sp³-hybridized carbons (Fsp3) is 0.800. The standard InChI is InChI=1S/C10H16BrCl3/c1-7(2)9(13)4-3-8(5-11)10(14)6-12/h7,9H,3-6H2,1-2H3/b10-8-/t9-/m0/s1. The predicted octanol–water partition coefficient (Wildman–Crippen LogP) is 5.16. The summed E-state index contributed by atoms with van der Waals surface area (Å²) >= 11 is 21.2. The van der Waals surface area contributed by atoms with Crippen molar-refractivity contribution in [2.45, 2.75) is 32.1 Å². The highest BCUT2D eigenvalue weighted by atomic mass is 79.9. The molecule has 0 unspecified atom stereocenters. The fourth-order valence-corrected chi connectivity index (χ4v) is 2.25. The Labute approximate surface area is 110 Å². The minimum atomic E-state index is 0.212. The first-order valence-electron chi connectivity index (χ1n) is 4.65. The Kier molecular flexibility index (Phi) is 8.91. The molecule has 0 saturated heterocycles. The highest BCUT2D eigenvalue weighted by Crippen LogP contribution is 2.23. The highest BCUT2D eigenvalue weighted by Gasteiger charge is 2.11. The molecule has 0 N–H and O–H groups in total. The monoisotopic (exact) mass is 320 g/mol. The van der Waals surface area contributed by atoms with Gasteiger partial charge in [-0.15, -0.1) is 23.2 Å². The summed E-state index contributed by atoms with van der Waals surface area (Å²) in [6.45, 7) is 4.25. The Hall–Kier alpha value is 1.09. The molecule has 0 aromatic heterocycles. The second kappa shape index (κ2) is 8.27. The van der Waals surface area contributed by atoms with E-state index in [1.165, 1.54) is 0 Å². The van der Waals surface area contributed by atoms with E-state index in [0.717, 1.165) is 28.8 Å². The Bertz CT molecular complexity index is 190. The van der Waals surface area contributed by atoms with Gasteiger partial charge in [-0.25, -0.2) is 0 Å². The molecule has 0 radical (unpaired) electrons. The van der Waals surface area contributed by atoms with Crippen LogP contribution in [0.1, 0.15) is 26.7 Å². The Balaban J connectivity index is 4.09. The van der Waals surface area contributed by atoms with Crippen LogP contribution in [0.15, 0.2) is 10.6 Å². The van der Waals surface area contributed by atoms with Gasteiger partial charge in [0.1, 0.15) is 0 Å². The Morgan fingerprint density at radius 1 is 1.36 bits per heavy atom. The van der Waals surface area contributed by atoms with Crippen molar-refractivity contribution in [3.8, 4) is 0 Å². The molecule has 0 saturated carbocycles. The zero-order valence-electron chi connectivity index (χ0n) is 8.49. The van der Waals surface area contributed by atoms with Gasteiger partial charge in [0.25, 0.3) is 0 Å². The average Bonchev–Trinajstić information content (AvgIpc) is 2.17. The van der Waals surface area contributed by atoms with Crippen LogP contribution in [0.3, 0.4) is 0 Å². The summed E-state index contributed by atoms with van der Waals surface area (Å²) < 4.78 is 0. The molecule has 0 heterocycles. The van der Waals surface area contributed by atoms with Gasteiger partial charge in [0.2, 0.25) is 0 Å². The second-order valence-electron chi connectivity index (χ2n) is 3.57. The van der Waals surface area contributed by atoms with Crippen LogP contribution in [0.25, 0.3) is 0 Å². The van der Waals surface area contributed by atoms with Crippen LogP contribution in [0.4, 0.5) is 0 Å². The maximum absolute atomic E-state index is 6.15. The molecule has 0 rings (SSSR count). The molecule has 0 spiro atoms. The Morgan fingerprint density at radius 3 is 2.29 bits per heavy atom. The smallest absolute Gasteiger partial charge is 0.0581 e. The lowest BCUT2D eigenvalue weighted by Crippen LogP contribution is -2.08. The van der Waals surface area contributed by atoms with Crippen molar-refractivity contribution in [1.29, 1.82) is 0 Å². The maximum atomic E-state index is 6.15. The lowest BCUT2D eigenvalue weighted by atomic mass is 10.0. The summed E-state index contributed by atoms with van der Waals surface area (Å²) in [5.74, 6) is 0.889. The van der Waals surface area contributed by atoms with E-state index in [0.29, 0.717) is 11.8 Å². The van der Waals surface area contributed by atoms with Gasteiger partial charge < -0.3 is 0 Å². The summed E-state index contributed by atoms with van der Waals surface area (Å²) in [5.41, 5.74) is 1.16. The second-order valence-corrected chi connectivity index (χ2v) is 5.42. The number of rotatable bonds is 6. The molecule has 0 amide bonds. The van der Waals surface area contributed by atoms with E-state index < -0.39 is 0 Å². The SMILES string of the molecule is CC(C)[C@@H](Cl)CC/C(CBr)=C(/Cl)CCl. The van der Waals surface area contributed by atoms with Crippen molar-refractivity contribution in [3.63, 3.8) is 0 Å². The zero-order chi connectivity index (χ0) is 11.1. The number of alkyl halides is 3. The van der Waals surface area contributed by atoms with Crippen LogP contribution in [0.5, 0.6) is 0 Å².